The number of hydrogen-bond acceptors (Lipinski definition) is 6. The Labute approximate surface area is 172 Å². The van der Waals surface area contributed by atoms with Gasteiger partial charge in [-0.1, -0.05) is 6.92 Å². The molecular formula is C23H29NO5. The van der Waals surface area contributed by atoms with Gasteiger partial charge < -0.3 is 24.2 Å². The van der Waals surface area contributed by atoms with Gasteiger partial charge in [0, 0.05) is 24.1 Å². The predicted molar refractivity (Wildman–Crippen MR) is 112 cm³/mol. The van der Waals surface area contributed by atoms with Crippen LogP contribution in [0.5, 0.6) is 23.0 Å². The number of aromatic hydroxyl groups is 1. The summed E-state index contributed by atoms with van der Waals surface area (Å²) in [6, 6.07) is 6.97. The highest BCUT2D eigenvalue weighted by Gasteiger charge is 2.29. The summed E-state index contributed by atoms with van der Waals surface area (Å²) in [7, 11) is 5.68. The summed E-state index contributed by atoms with van der Waals surface area (Å²) in [6.07, 6.45) is 1.14. The third-order valence-electron chi connectivity index (χ3n) is 5.28. The zero-order valence-electron chi connectivity index (χ0n) is 17.7. The molecule has 0 fully saturated rings. The van der Waals surface area contributed by atoms with Crippen LogP contribution in [-0.4, -0.2) is 50.3 Å². The average Bonchev–Trinajstić information content (AvgIpc) is 3.15. The number of rotatable bonds is 8. The van der Waals surface area contributed by atoms with E-state index in [2.05, 4.69) is 4.90 Å². The minimum Gasteiger partial charge on any atom is -0.508 e. The number of aryl methyl sites for hydroxylation is 1. The van der Waals surface area contributed by atoms with Crippen molar-refractivity contribution in [1.82, 2.24) is 4.90 Å². The molecule has 3 rings (SSSR count). The molecule has 6 heteroatoms. The highest BCUT2D eigenvalue weighted by molar-refractivity contribution is 5.97. The number of ketones is 1. The lowest BCUT2D eigenvalue weighted by Crippen LogP contribution is -2.17. The molecule has 1 heterocycles. The highest BCUT2D eigenvalue weighted by atomic mass is 16.7. The number of ether oxygens (including phenoxy) is 3. The predicted octanol–water partition coefficient (Wildman–Crippen LogP) is 3.92. The van der Waals surface area contributed by atoms with E-state index in [0.29, 0.717) is 34.8 Å². The molecule has 29 heavy (non-hydrogen) atoms. The molecule has 156 valence electrons. The van der Waals surface area contributed by atoms with Crippen LogP contribution in [0.3, 0.4) is 0 Å². The van der Waals surface area contributed by atoms with Gasteiger partial charge in [-0.25, -0.2) is 0 Å². The van der Waals surface area contributed by atoms with Crippen molar-refractivity contribution >= 4 is 5.78 Å². The quantitative estimate of drug-likeness (QED) is 0.679. The number of benzene rings is 2. The Hall–Kier alpha value is -2.73. The van der Waals surface area contributed by atoms with Crippen molar-refractivity contribution in [2.24, 2.45) is 0 Å². The smallest absolute Gasteiger partial charge is 0.231 e. The summed E-state index contributed by atoms with van der Waals surface area (Å²) in [5.41, 5.74) is 3.38. The van der Waals surface area contributed by atoms with E-state index in [1.807, 2.05) is 27.1 Å². The summed E-state index contributed by atoms with van der Waals surface area (Å²) in [6.45, 7) is 4.86. The number of phenols is 1. The molecule has 1 aliphatic heterocycles. The lowest BCUT2D eigenvalue weighted by atomic mass is 9.87. The van der Waals surface area contributed by atoms with Gasteiger partial charge in [0.05, 0.1) is 7.11 Å². The third-order valence-corrected chi connectivity index (χ3v) is 5.28. The van der Waals surface area contributed by atoms with Crippen LogP contribution >= 0.6 is 0 Å². The number of phenolic OH excluding ortho intramolecular Hbond substituents is 1. The lowest BCUT2D eigenvalue weighted by Gasteiger charge is -2.22. The number of hydrogen-bond donors (Lipinski definition) is 1. The van der Waals surface area contributed by atoms with Crippen LogP contribution in [0.25, 0.3) is 0 Å². The molecular weight excluding hydrogens is 370 g/mol. The van der Waals surface area contributed by atoms with Crippen LogP contribution in [0.4, 0.5) is 0 Å². The maximum atomic E-state index is 12.9. The molecule has 2 aromatic carbocycles. The van der Waals surface area contributed by atoms with E-state index >= 15 is 0 Å². The van der Waals surface area contributed by atoms with Gasteiger partial charge in [-0.05, 0) is 68.8 Å². The summed E-state index contributed by atoms with van der Waals surface area (Å²) >= 11 is 0. The van der Waals surface area contributed by atoms with Crippen LogP contribution < -0.4 is 14.2 Å². The Morgan fingerprint density at radius 2 is 2.03 bits per heavy atom. The topological polar surface area (TPSA) is 68.2 Å². The number of fused-ring (bicyclic) bond motifs is 1. The Kier molecular flexibility index (Phi) is 6.33. The van der Waals surface area contributed by atoms with Crippen molar-refractivity contribution in [3.8, 4) is 23.0 Å². The van der Waals surface area contributed by atoms with E-state index in [4.69, 9.17) is 14.2 Å². The van der Waals surface area contributed by atoms with Crippen molar-refractivity contribution < 1.29 is 24.1 Å². The third kappa shape index (κ3) is 4.48. The fourth-order valence-corrected chi connectivity index (χ4v) is 3.70. The first-order valence-electron chi connectivity index (χ1n) is 9.78. The fourth-order valence-electron chi connectivity index (χ4n) is 3.70. The van der Waals surface area contributed by atoms with Crippen LogP contribution in [0.15, 0.2) is 24.3 Å². The van der Waals surface area contributed by atoms with Gasteiger partial charge in [-0.15, -0.1) is 0 Å². The molecule has 1 aliphatic rings. The Morgan fingerprint density at radius 3 is 2.69 bits per heavy atom. The van der Waals surface area contributed by atoms with Gasteiger partial charge in [-0.2, -0.15) is 0 Å². The molecule has 1 N–H and O–H groups in total. The second kappa shape index (κ2) is 8.74. The Bertz CT molecular complexity index is 907. The maximum absolute atomic E-state index is 12.9. The first kappa shape index (κ1) is 21.0. The summed E-state index contributed by atoms with van der Waals surface area (Å²) in [5, 5.41) is 9.73. The number of carbonyl (C=O) groups is 1. The van der Waals surface area contributed by atoms with Gasteiger partial charge in [-0.3, -0.25) is 4.79 Å². The van der Waals surface area contributed by atoms with E-state index in [-0.39, 0.29) is 24.2 Å². The van der Waals surface area contributed by atoms with Gasteiger partial charge in [0.1, 0.15) is 5.75 Å². The molecule has 0 spiro atoms. The number of nitrogens with zero attached hydrogens (tertiary/aromatic N) is 1. The summed E-state index contributed by atoms with van der Waals surface area (Å²) in [4.78, 5) is 15.0. The molecule has 1 atom stereocenters. The van der Waals surface area contributed by atoms with Gasteiger partial charge >= 0.3 is 0 Å². The van der Waals surface area contributed by atoms with E-state index in [1.54, 1.807) is 32.2 Å². The SMILES string of the molecule is COc1c2c(cc(CCN(C)C)c1C(C)CC(=O)c1ccc(O)c(C)c1)OCO2. The minimum absolute atomic E-state index is 0.0267. The van der Waals surface area contributed by atoms with Gasteiger partial charge in [0.25, 0.3) is 0 Å². The molecule has 0 saturated carbocycles. The van der Waals surface area contributed by atoms with Crippen molar-refractivity contribution in [3.63, 3.8) is 0 Å². The molecule has 1 unspecified atom stereocenters. The Balaban J connectivity index is 1.94. The molecule has 0 amide bonds. The van der Waals surface area contributed by atoms with Crippen molar-refractivity contribution in [2.75, 3.05) is 34.5 Å². The second-order valence-corrected chi connectivity index (χ2v) is 7.80. The summed E-state index contributed by atoms with van der Waals surface area (Å²) in [5.74, 6) is 2.09. The van der Waals surface area contributed by atoms with Gasteiger partial charge in [0.15, 0.2) is 17.3 Å². The first-order chi connectivity index (χ1) is 13.8. The number of Topliss-reactive ketones (excluding diaryl/α,β-unsaturated/α-hetero) is 1. The highest BCUT2D eigenvalue weighted by Crippen LogP contribution is 2.48. The van der Waals surface area contributed by atoms with E-state index in [1.165, 1.54) is 0 Å². The van der Waals surface area contributed by atoms with E-state index < -0.39 is 0 Å². The van der Waals surface area contributed by atoms with Crippen LogP contribution in [-0.2, 0) is 6.42 Å². The zero-order valence-corrected chi connectivity index (χ0v) is 17.7. The molecule has 6 nitrogen and oxygen atoms in total. The first-order valence-corrected chi connectivity index (χ1v) is 9.78. The normalized spacial score (nSPS) is 13.6. The zero-order chi connectivity index (χ0) is 21.1. The molecule has 2 aromatic rings. The average molecular weight is 399 g/mol. The standard InChI is InChI=1S/C23H29NO5/c1-14-10-16(6-7-18(14)25)19(26)11-15(2)21-17(8-9-24(3)4)12-20-22(23(21)27-5)29-13-28-20/h6-7,10,12,15,25H,8-9,11,13H2,1-5H3. The second-order valence-electron chi connectivity index (χ2n) is 7.80. The summed E-state index contributed by atoms with van der Waals surface area (Å²) < 4.78 is 16.9. The molecule has 0 bridgehead atoms. The van der Waals surface area contributed by atoms with E-state index in [9.17, 15) is 9.90 Å². The fraction of sp³-hybridized carbons (Fsp3) is 0.435. The van der Waals surface area contributed by atoms with Crippen LogP contribution in [0.1, 0.15) is 46.3 Å². The number of likely N-dealkylation sites (N-methyl/N-ethyl adjacent to an activating group) is 1. The van der Waals surface area contributed by atoms with Gasteiger partial charge in [0.2, 0.25) is 12.5 Å². The molecule has 0 saturated heterocycles. The van der Waals surface area contributed by atoms with E-state index in [0.717, 1.165) is 24.1 Å². The number of methoxy groups -OCH3 is 1. The van der Waals surface area contributed by atoms with Crippen molar-refractivity contribution in [1.29, 1.82) is 0 Å². The maximum Gasteiger partial charge on any atom is 0.231 e. The number of carbonyl (C=O) groups excluding carboxylic acids is 1. The van der Waals surface area contributed by atoms with Crippen LogP contribution in [0.2, 0.25) is 0 Å². The van der Waals surface area contributed by atoms with Crippen molar-refractivity contribution in [3.05, 3.63) is 46.5 Å². The van der Waals surface area contributed by atoms with Crippen molar-refractivity contribution in [2.45, 2.75) is 32.6 Å². The Morgan fingerprint density at radius 1 is 1.28 bits per heavy atom. The van der Waals surface area contributed by atoms with Crippen LogP contribution in [0, 0.1) is 6.92 Å². The molecule has 0 radical (unpaired) electrons. The lowest BCUT2D eigenvalue weighted by molar-refractivity contribution is 0.0975. The molecule has 0 aromatic heterocycles. The largest absolute Gasteiger partial charge is 0.508 e. The monoisotopic (exact) mass is 399 g/mol. The molecule has 0 aliphatic carbocycles. The minimum atomic E-state index is -0.0711.